The van der Waals surface area contributed by atoms with Gasteiger partial charge in [0.05, 0.1) is 13.2 Å². The topological polar surface area (TPSA) is 18.5 Å². The van der Waals surface area contributed by atoms with E-state index in [-0.39, 0.29) is 0 Å². The van der Waals surface area contributed by atoms with E-state index in [0.717, 1.165) is 44.0 Å². The maximum absolute atomic E-state index is 6.80. The molecular weight excluding hydrogens is 440 g/mol. The van der Waals surface area contributed by atoms with Crippen LogP contribution in [0.2, 0.25) is 0 Å². The summed E-state index contributed by atoms with van der Waals surface area (Å²) >= 11 is 0. The normalized spacial score (nSPS) is 13.2. The lowest BCUT2D eigenvalue weighted by Gasteiger charge is -2.23. The monoisotopic (exact) mass is 490 g/mol. The van der Waals surface area contributed by atoms with E-state index in [4.69, 9.17) is 9.47 Å². The van der Waals surface area contributed by atoms with Gasteiger partial charge in [-0.1, -0.05) is 122 Å². The summed E-state index contributed by atoms with van der Waals surface area (Å²) in [6.45, 7) is 13.0. The quantitative estimate of drug-likeness (QED) is 0.175. The summed E-state index contributed by atoms with van der Waals surface area (Å²) in [5.41, 5.74) is 1.39. The number of hydrogen-bond acceptors (Lipinski definition) is 2. The van der Waals surface area contributed by atoms with Crippen LogP contribution in [0.25, 0.3) is 21.5 Å². The number of aryl methyl sites for hydroxylation is 1. The highest BCUT2D eigenvalue weighted by Crippen LogP contribution is 2.45. The van der Waals surface area contributed by atoms with Crippen molar-refractivity contribution in [1.29, 1.82) is 0 Å². The first kappa shape index (κ1) is 28.4. The van der Waals surface area contributed by atoms with Gasteiger partial charge in [-0.25, -0.2) is 0 Å². The molecule has 2 atom stereocenters. The van der Waals surface area contributed by atoms with Crippen LogP contribution >= 0.6 is 0 Å². The molecule has 0 heterocycles. The van der Waals surface area contributed by atoms with Gasteiger partial charge in [0.1, 0.15) is 11.5 Å². The van der Waals surface area contributed by atoms with Gasteiger partial charge in [-0.2, -0.15) is 0 Å². The fraction of sp³-hybridized carbons (Fsp3) is 0.588. The first-order chi connectivity index (χ1) is 17.7. The Bertz CT molecular complexity index is 1050. The molecule has 0 amide bonds. The van der Waals surface area contributed by atoms with E-state index in [1.54, 1.807) is 0 Å². The lowest BCUT2D eigenvalue weighted by molar-refractivity contribution is 0.234. The fourth-order valence-corrected chi connectivity index (χ4v) is 5.30. The zero-order valence-electron chi connectivity index (χ0n) is 23.7. The van der Waals surface area contributed by atoms with Crippen molar-refractivity contribution in [3.63, 3.8) is 0 Å². The first-order valence-electron chi connectivity index (χ1n) is 14.9. The molecule has 0 bridgehead atoms. The molecule has 3 rings (SSSR count). The first-order valence-corrected chi connectivity index (χ1v) is 14.9. The van der Waals surface area contributed by atoms with E-state index in [0.29, 0.717) is 11.8 Å². The maximum Gasteiger partial charge on any atom is 0.135 e. The number of rotatable bonds is 17. The van der Waals surface area contributed by atoms with Crippen LogP contribution in [0.5, 0.6) is 11.5 Å². The lowest BCUT2D eigenvalue weighted by Crippen LogP contribution is -2.13. The van der Waals surface area contributed by atoms with Gasteiger partial charge >= 0.3 is 0 Å². The standard InChI is InChI=1S/C34H50O2/c1-6-11-17-26(9-4)24-35-33-29-21-14-15-22-30(29)34(36-25-27(10-5)18-12-7-2)32-28(19-13-8-3)20-16-23-31(32)33/h14-16,20-23,26-27H,6-13,17-19,24-25H2,1-5H3. The molecule has 0 aliphatic heterocycles. The van der Waals surface area contributed by atoms with Crippen LogP contribution in [-0.4, -0.2) is 13.2 Å². The summed E-state index contributed by atoms with van der Waals surface area (Å²) in [6, 6.07) is 15.5. The molecule has 0 aliphatic carbocycles. The maximum atomic E-state index is 6.80. The van der Waals surface area contributed by atoms with Crippen LogP contribution in [0.4, 0.5) is 0 Å². The molecule has 198 valence electrons. The summed E-state index contributed by atoms with van der Waals surface area (Å²) in [5, 5.41) is 4.85. The van der Waals surface area contributed by atoms with Crippen molar-refractivity contribution in [1.82, 2.24) is 0 Å². The number of unbranched alkanes of at least 4 members (excludes halogenated alkanes) is 3. The van der Waals surface area contributed by atoms with E-state index in [2.05, 4.69) is 77.1 Å². The van der Waals surface area contributed by atoms with Crippen LogP contribution in [0.3, 0.4) is 0 Å². The second-order valence-corrected chi connectivity index (χ2v) is 10.6. The molecule has 3 aromatic rings. The third-order valence-electron chi connectivity index (χ3n) is 7.85. The molecule has 0 aliphatic rings. The Labute approximate surface area is 220 Å². The molecule has 0 saturated carbocycles. The molecule has 2 heteroatoms. The van der Waals surface area contributed by atoms with Gasteiger partial charge in [0.15, 0.2) is 0 Å². The Morgan fingerprint density at radius 1 is 0.583 bits per heavy atom. The molecule has 3 aromatic carbocycles. The predicted molar refractivity (Wildman–Crippen MR) is 158 cm³/mol. The van der Waals surface area contributed by atoms with Crippen molar-refractivity contribution in [3.8, 4) is 11.5 Å². The third kappa shape index (κ3) is 7.17. The van der Waals surface area contributed by atoms with Crippen molar-refractivity contribution >= 4 is 21.5 Å². The second kappa shape index (κ2) is 15.1. The van der Waals surface area contributed by atoms with Gasteiger partial charge in [-0.05, 0) is 43.1 Å². The van der Waals surface area contributed by atoms with E-state index < -0.39 is 0 Å². The van der Waals surface area contributed by atoms with E-state index >= 15 is 0 Å². The highest BCUT2D eigenvalue weighted by molar-refractivity contribution is 6.12. The Balaban J connectivity index is 2.10. The molecule has 2 unspecified atom stereocenters. The van der Waals surface area contributed by atoms with Crippen LogP contribution in [-0.2, 0) is 6.42 Å². The van der Waals surface area contributed by atoms with Gasteiger partial charge in [-0.15, -0.1) is 0 Å². The summed E-state index contributed by atoms with van der Waals surface area (Å²) < 4.78 is 13.5. The van der Waals surface area contributed by atoms with Crippen LogP contribution < -0.4 is 9.47 Å². The Morgan fingerprint density at radius 3 is 1.67 bits per heavy atom. The Hall–Kier alpha value is -2.22. The summed E-state index contributed by atoms with van der Waals surface area (Å²) in [4.78, 5) is 0. The number of ether oxygens (including phenoxy) is 2. The van der Waals surface area contributed by atoms with Crippen molar-refractivity contribution in [2.24, 2.45) is 11.8 Å². The summed E-state index contributed by atoms with van der Waals surface area (Å²) in [7, 11) is 0. The molecule has 2 nitrogen and oxygen atoms in total. The average Bonchev–Trinajstić information content (AvgIpc) is 2.92. The molecule has 0 radical (unpaired) electrons. The zero-order valence-corrected chi connectivity index (χ0v) is 23.7. The zero-order chi connectivity index (χ0) is 25.8. The highest BCUT2D eigenvalue weighted by Gasteiger charge is 2.20. The van der Waals surface area contributed by atoms with Crippen molar-refractivity contribution < 1.29 is 9.47 Å². The SMILES string of the molecule is CCCCc1cccc2c(OCC(CC)CCCC)c3ccccc3c(OCC(CC)CCCC)c12. The van der Waals surface area contributed by atoms with Crippen LogP contribution in [0.1, 0.15) is 104 Å². The molecule has 0 fully saturated rings. The van der Waals surface area contributed by atoms with Gasteiger partial charge in [0, 0.05) is 21.5 Å². The second-order valence-electron chi connectivity index (χ2n) is 10.6. The minimum atomic E-state index is 0.598. The third-order valence-corrected chi connectivity index (χ3v) is 7.85. The van der Waals surface area contributed by atoms with Gasteiger partial charge < -0.3 is 9.47 Å². The molecule has 0 aromatic heterocycles. The minimum absolute atomic E-state index is 0.598. The largest absolute Gasteiger partial charge is 0.492 e. The van der Waals surface area contributed by atoms with Crippen molar-refractivity contribution in [3.05, 3.63) is 48.0 Å². The summed E-state index contributed by atoms with van der Waals surface area (Å²) in [5.74, 6) is 3.30. The Morgan fingerprint density at radius 2 is 1.11 bits per heavy atom. The smallest absolute Gasteiger partial charge is 0.135 e. The minimum Gasteiger partial charge on any atom is -0.492 e. The molecule has 36 heavy (non-hydrogen) atoms. The highest BCUT2D eigenvalue weighted by atomic mass is 16.5. The molecule has 0 spiro atoms. The van der Waals surface area contributed by atoms with Crippen LogP contribution in [0, 0.1) is 11.8 Å². The molecule has 0 saturated heterocycles. The Kier molecular flexibility index (Phi) is 11.9. The molecule has 0 N–H and O–H groups in total. The van der Waals surface area contributed by atoms with E-state index in [1.165, 1.54) is 78.5 Å². The van der Waals surface area contributed by atoms with Gasteiger partial charge in [-0.3, -0.25) is 0 Å². The number of hydrogen-bond donors (Lipinski definition) is 0. The van der Waals surface area contributed by atoms with E-state index in [1.807, 2.05) is 0 Å². The predicted octanol–water partition coefficient (Wildman–Crippen LogP) is 10.5. The van der Waals surface area contributed by atoms with Gasteiger partial charge in [0.25, 0.3) is 0 Å². The average molecular weight is 491 g/mol. The van der Waals surface area contributed by atoms with E-state index in [9.17, 15) is 0 Å². The van der Waals surface area contributed by atoms with Crippen molar-refractivity contribution in [2.45, 2.75) is 105 Å². The lowest BCUT2D eigenvalue weighted by atomic mass is 9.94. The number of benzene rings is 3. The summed E-state index contributed by atoms with van der Waals surface area (Å²) in [6.07, 6.45) is 13.3. The van der Waals surface area contributed by atoms with Crippen molar-refractivity contribution in [2.75, 3.05) is 13.2 Å². The molecular formula is C34H50O2. The van der Waals surface area contributed by atoms with Gasteiger partial charge in [0.2, 0.25) is 0 Å². The number of fused-ring (bicyclic) bond motifs is 2. The fourth-order valence-electron chi connectivity index (χ4n) is 5.30. The van der Waals surface area contributed by atoms with Crippen LogP contribution in [0.15, 0.2) is 42.5 Å².